The Balaban J connectivity index is 1.60. The molecular formula is C28H25F2S2+. The standard InChI is InChI=1S/C28H25F2S2/c1-28(2,3)20-4-10-23(11-5-20)31-24-12-18-27(19-13-24)32(25-14-6-21(29)7-15-25)26-16-8-22(30)9-17-26/h4-19H,1-3H3/q+1. The Morgan fingerprint density at radius 1 is 0.531 bits per heavy atom. The lowest BCUT2D eigenvalue weighted by Crippen LogP contribution is -2.10. The molecule has 0 saturated heterocycles. The summed E-state index contributed by atoms with van der Waals surface area (Å²) in [5, 5.41) is 0. The molecule has 0 aliphatic heterocycles. The first kappa shape index (κ1) is 22.6. The molecule has 0 saturated carbocycles. The van der Waals surface area contributed by atoms with Gasteiger partial charge < -0.3 is 0 Å². The van der Waals surface area contributed by atoms with Crippen LogP contribution >= 0.6 is 11.8 Å². The average Bonchev–Trinajstić information content (AvgIpc) is 2.77. The van der Waals surface area contributed by atoms with E-state index >= 15 is 0 Å². The van der Waals surface area contributed by atoms with E-state index in [0.29, 0.717) is 0 Å². The van der Waals surface area contributed by atoms with Gasteiger partial charge in [0.2, 0.25) is 0 Å². The third-order valence-electron chi connectivity index (χ3n) is 5.11. The zero-order chi connectivity index (χ0) is 22.7. The maximum Gasteiger partial charge on any atom is 0.166 e. The van der Waals surface area contributed by atoms with Crippen LogP contribution in [-0.2, 0) is 16.3 Å². The SMILES string of the molecule is CC(C)(C)c1ccc(Sc2ccc([S+](c3ccc(F)cc3)c3ccc(F)cc3)cc2)cc1. The van der Waals surface area contributed by atoms with Gasteiger partial charge in [0, 0.05) is 9.79 Å². The zero-order valence-electron chi connectivity index (χ0n) is 18.3. The molecular weight excluding hydrogens is 438 g/mol. The van der Waals surface area contributed by atoms with Crippen LogP contribution in [0.25, 0.3) is 0 Å². The fraction of sp³-hybridized carbons (Fsp3) is 0.143. The molecule has 4 heteroatoms. The van der Waals surface area contributed by atoms with E-state index in [1.54, 1.807) is 36.0 Å². The summed E-state index contributed by atoms with van der Waals surface area (Å²) in [6.07, 6.45) is 0. The van der Waals surface area contributed by atoms with Crippen molar-refractivity contribution < 1.29 is 8.78 Å². The van der Waals surface area contributed by atoms with Crippen molar-refractivity contribution in [1.82, 2.24) is 0 Å². The molecule has 0 bridgehead atoms. The summed E-state index contributed by atoms with van der Waals surface area (Å²) < 4.78 is 27.0. The molecule has 0 aliphatic carbocycles. The molecule has 0 fully saturated rings. The summed E-state index contributed by atoms with van der Waals surface area (Å²) in [4.78, 5) is 5.45. The van der Waals surface area contributed by atoms with Gasteiger partial charge in [-0.1, -0.05) is 44.7 Å². The van der Waals surface area contributed by atoms with Crippen LogP contribution in [-0.4, -0.2) is 0 Å². The molecule has 0 atom stereocenters. The van der Waals surface area contributed by atoms with Crippen LogP contribution in [0.1, 0.15) is 26.3 Å². The first-order valence-corrected chi connectivity index (χ1v) is 12.5. The van der Waals surface area contributed by atoms with Crippen LogP contribution in [0.3, 0.4) is 0 Å². The molecule has 4 aromatic rings. The van der Waals surface area contributed by atoms with Crippen LogP contribution < -0.4 is 0 Å². The van der Waals surface area contributed by atoms with Gasteiger partial charge in [0.25, 0.3) is 0 Å². The largest absolute Gasteiger partial charge is 0.207 e. The van der Waals surface area contributed by atoms with Gasteiger partial charge in [-0.15, -0.1) is 0 Å². The van der Waals surface area contributed by atoms with Crippen LogP contribution in [0.15, 0.2) is 122 Å². The molecule has 0 radical (unpaired) electrons. The van der Waals surface area contributed by atoms with Gasteiger partial charge in [0.05, 0.1) is 10.9 Å². The van der Waals surface area contributed by atoms with Gasteiger partial charge in [0.1, 0.15) is 11.6 Å². The molecule has 0 aliphatic rings. The number of halogens is 2. The van der Waals surface area contributed by atoms with Gasteiger partial charge in [0.15, 0.2) is 14.7 Å². The molecule has 0 aromatic heterocycles. The summed E-state index contributed by atoms with van der Waals surface area (Å²) >= 11 is 1.73. The van der Waals surface area contributed by atoms with E-state index < -0.39 is 10.9 Å². The Morgan fingerprint density at radius 3 is 1.25 bits per heavy atom. The van der Waals surface area contributed by atoms with Gasteiger partial charge in [-0.25, -0.2) is 8.78 Å². The second-order valence-corrected chi connectivity index (χ2v) is 11.7. The fourth-order valence-corrected chi connectivity index (χ4v) is 6.21. The second-order valence-electron chi connectivity index (χ2n) is 8.56. The monoisotopic (exact) mass is 463 g/mol. The highest BCUT2D eigenvalue weighted by Gasteiger charge is 2.28. The summed E-state index contributed by atoms with van der Waals surface area (Å²) in [6, 6.07) is 30.3. The van der Waals surface area contributed by atoms with Crippen molar-refractivity contribution in [3.8, 4) is 0 Å². The molecule has 0 N–H and O–H groups in total. The van der Waals surface area contributed by atoms with Crippen LogP contribution in [0, 0.1) is 11.6 Å². The normalized spacial score (nSPS) is 11.7. The van der Waals surface area contributed by atoms with E-state index in [-0.39, 0.29) is 17.0 Å². The second kappa shape index (κ2) is 9.51. The fourth-order valence-electron chi connectivity index (χ4n) is 3.35. The van der Waals surface area contributed by atoms with Crippen LogP contribution in [0.2, 0.25) is 0 Å². The molecule has 0 nitrogen and oxygen atoms in total. The minimum atomic E-state index is -0.442. The first-order chi connectivity index (χ1) is 15.3. The number of benzene rings is 4. The highest BCUT2D eigenvalue weighted by molar-refractivity contribution is 7.99. The van der Waals surface area contributed by atoms with Crippen molar-refractivity contribution in [2.75, 3.05) is 0 Å². The lowest BCUT2D eigenvalue weighted by atomic mass is 9.87. The zero-order valence-corrected chi connectivity index (χ0v) is 19.9. The molecule has 4 rings (SSSR count). The van der Waals surface area contributed by atoms with Crippen LogP contribution in [0.5, 0.6) is 0 Å². The maximum absolute atomic E-state index is 13.5. The Bertz CT molecular complexity index is 1110. The van der Waals surface area contributed by atoms with E-state index in [2.05, 4.69) is 69.3 Å². The minimum Gasteiger partial charge on any atom is -0.207 e. The van der Waals surface area contributed by atoms with Crippen molar-refractivity contribution in [3.05, 3.63) is 114 Å². The average molecular weight is 464 g/mol. The van der Waals surface area contributed by atoms with E-state index in [0.717, 1.165) is 19.6 Å². The molecule has 32 heavy (non-hydrogen) atoms. The first-order valence-electron chi connectivity index (χ1n) is 10.4. The topological polar surface area (TPSA) is 0 Å². The van der Waals surface area contributed by atoms with E-state index in [9.17, 15) is 8.78 Å². The Kier molecular flexibility index (Phi) is 6.73. The third kappa shape index (κ3) is 5.43. The molecule has 0 spiro atoms. The van der Waals surface area contributed by atoms with Gasteiger partial charge >= 0.3 is 0 Å². The van der Waals surface area contributed by atoms with Gasteiger partial charge in [-0.05, 0) is 95.9 Å². The molecule has 162 valence electrons. The molecule has 4 aromatic carbocycles. The third-order valence-corrected chi connectivity index (χ3v) is 8.36. The summed E-state index contributed by atoms with van der Waals surface area (Å²) in [5.41, 5.74) is 1.46. The Hall–Kier alpha value is -2.56. The van der Waals surface area contributed by atoms with E-state index in [1.165, 1.54) is 34.7 Å². The minimum absolute atomic E-state index is 0.140. The van der Waals surface area contributed by atoms with Gasteiger partial charge in [-0.3, -0.25) is 0 Å². The predicted molar refractivity (Wildman–Crippen MR) is 131 cm³/mol. The maximum atomic E-state index is 13.5. The van der Waals surface area contributed by atoms with Crippen molar-refractivity contribution in [2.45, 2.75) is 50.7 Å². The molecule has 0 heterocycles. The van der Waals surface area contributed by atoms with E-state index in [4.69, 9.17) is 0 Å². The lowest BCUT2D eigenvalue weighted by Gasteiger charge is -2.19. The van der Waals surface area contributed by atoms with Crippen molar-refractivity contribution in [3.63, 3.8) is 0 Å². The van der Waals surface area contributed by atoms with E-state index in [1.807, 2.05) is 0 Å². The Morgan fingerprint density at radius 2 is 0.875 bits per heavy atom. The summed E-state index contributed by atoms with van der Waals surface area (Å²) in [7, 11) is -0.442. The quantitative estimate of drug-likeness (QED) is 0.267. The smallest absolute Gasteiger partial charge is 0.166 e. The predicted octanol–water partition coefficient (Wildman–Crippen LogP) is 8.51. The summed E-state index contributed by atoms with van der Waals surface area (Å²) in [5.74, 6) is -0.527. The van der Waals surface area contributed by atoms with Crippen LogP contribution in [0.4, 0.5) is 8.78 Å². The van der Waals surface area contributed by atoms with Crippen molar-refractivity contribution >= 4 is 22.7 Å². The van der Waals surface area contributed by atoms with Crippen molar-refractivity contribution in [2.24, 2.45) is 0 Å². The molecule has 0 amide bonds. The number of hydrogen-bond donors (Lipinski definition) is 0. The number of hydrogen-bond acceptors (Lipinski definition) is 1. The number of rotatable bonds is 5. The Labute approximate surface area is 196 Å². The van der Waals surface area contributed by atoms with Gasteiger partial charge in [-0.2, -0.15) is 0 Å². The summed E-state index contributed by atoms with van der Waals surface area (Å²) in [6.45, 7) is 6.65. The van der Waals surface area contributed by atoms with Crippen molar-refractivity contribution in [1.29, 1.82) is 0 Å². The highest BCUT2D eigenvalue weighted by atomic mass is 32.2. The highest BCUT2D eigenvalue weighted by Crippen LogP contribution is 2.35. The molecule has 0 unspecified atom stereocenters. The lowest BCUT2D eigenvalue weighted by molar-refractivity contribution is 0.590.